The summed E-state index contributed by atoms with van der Waals surface area (Å²) in [6.45, 7) is 1.92. The second-order valence-corrected chi connectivity index (χ2v) is 5.96. The number of aryl methyl sites for hydroxylation is 1. The molecule has 0 aromatic heterocycles. The summed E-state index contributed by atoms with van der Waals surface area (Å²) in [6.07, 6.45) is 3.20. The third-order valence-electron chi connectivity index (χ3n) is 3.77. The van der Waals surface area contributed by atoms with Gasteiger partial charge in [0.25, 0.3) is 0 Å². The summed E-state index contributed by atoms with van der Waals surface area (Å²) < 4.78 is 0. The van der Waals surface area contributed by atoms with Crippen LogP contribution in [0.4, 0.5) is 5.69 Å². The molecule has 1 fully saturated rings. The number of carbonyl (C=O) groups is 2. The van der Waals surface area contributed by atoms with Gasteiger partial charge < -0.3 is 15.7 Å². The minimum absolute atomic E-state index is 0.105. The smallest absolute Gasteiger partial charge is 0.313 e. The van der Waals surface area contributed by atoms with Crippen LogP contribution in [0.1, 0.15) is 31.2 Å². The molecule has 1 aromatic carbocycles. The standard InChI is InChI=1S/C15H19ClN2O3/c1-10-4-5-11(16)8-12(10)18-14(20)13(19)17-9-15(21)6-2-3-7-15/h4-5,8,21H,2-3,6-7,9H2,1H3,(H,17,19)(H,18,20). The van der Waals surface area contributed by atoms with Crippen LogP contribution in [0.3, 0.4) is 0 Å². The Labute approximate surface area is 128 Å². The van der Waals surface area contributed by atoms with Gasteiger partial charge in [0.15, 0.2) is 0 Å². The van der Waals surface area contributed by atoms with Crippen LogP contribution in [0.5, 0.6) is 0 Å². The molecule has 5 nitrogen and oxygen atoms in total. The van der Waals surface area contributed by atoms with Crippen molar-refractivity contribution < 1.29 is 14.7 Å². The number of rotatable bonds is 3. The van der Waals surface area contributed by atoms with E-state index in [1.807, 2.05) is 6.92 Å². The van der Waals surface area contributed by atoms with E-state index in [4.69, 9.17) is 11.6 Å². The lowest BCUT2D eigenvalue weighted by molar-refractivity contribution is -0.136. The molecule has 0 atom stereocenters. The Morgan fingerprint density at radius 2 is 1.95 bits per heavy atom. The predicted molar refractivity (Wildman–Crippen MR) is 81.2 cm³/mol. The number of nitrogens with one attached hydrogen (secondary N) is 2. The van der Waals surface area contributed by atoms with E-state index < -0.39 is 17.4 Å². The van der Waals surface area contributed by atoms with Gasteiger partial charge >= 0.3 is 11.8 Å². The van der Waals surface area contributed by atoms with Gasteiger partial charge in [-0.05, 0) is 37.5 Å². The summed E-state index contributed by atoms with van der Waals surface area (Å²) in [7, 11) is 0. The van der Waals surface area contributed by atoms with Gasteiger partial charge in [0.05, 0.1) is 5.60 Å². The Hall–Kier alpha value is -1.59. The monoisotopic (exact) mass is 310 g/mol. The van der Waals surface area contributed by atoms with Crippen molar-refractivity contribution in [1.29, 1.82) is 0 Å². The third kappa shape index (κ3) is 4.19. The van der Waals surface area contributed by atoms with Crippen molar-refractivity contribution in [2.45, 2.75) is 38.2 Å². The van der Waals surface area contributed by atoms with Crippen LogP contribution in [0.25, 0.3) is 0 Å². The molecule has 0 aliphatic heterocycles. The molecule has 1 aromatic rings. The quantitative estimate of drug-likeness (QED) is 0.747. The van der Waals surface area contributed by atoms with Gasteiger partial charge in [-0.1, -0.05) is 30.5 Å². The number of halogens is 1. The Kier molecular flexibility index (Phi) is 4.85. The van der Waals surface area contributed by atoms with Crippen molar-refractivity contribution in [3.63, 3.8) is 0 Å². The fourth-order valence-electron chi connectivity index (χ4n) is 2.44. The molecule has 3 N–H and O–H groups in total. The summed E-state index contributed by atoms with van der Waals surface area (Å²) in [6, 6.07) is 5.06. The lowest BCUT2D eigenvalue weighted by Crippen LogP contribution is -2.44. The Morgan fingerprint density at radius 3 is 2.62 bits per heavy atom. The number of anilines is 1. The SMILES string of the molecule is Cc1ccc(Cl)cc1NC(=O)C(=O)NCC1(O)CCCC1. The minimum atomic E-state index is -0.873. The number of aliphatic hydroxyl groups is 1. The molecule has 2 amide bonds. The van der Waals surface area contributed by atoms with Crippen molar-refractivity contribution in [2.24, 2.45) is 0 Å². The Bertz CT molecular complexity index is 554. The number of benzene rings is 1. The maximum atomic E-state index is 11.8. The highest BCUT2D eigenvalue weighted by Crippen LogP contribution is 2.28. The molecule has 1 saturated carbocycles. The molecule has 6 heteroatoms. The summed E-state index contributed by atoms with van der Waals surface area (Å²) in [5.41, 5.74) is 0.444. The van der Waals surface area contributed by atoms with Crippen LogP contribution >= 0.6 is 11.6 Å². The molecule has 1 aliphatic rings. The molecular formula is C15H19ClN2O3. The molecule has 0 saturated heterocycles. The molecule has 0 spiro atoms. The predicted octanol–water partition coefficient (Wildman–Crippen LogP) is 2.01. The zero-order chi connectivity index (χ0) is 15.5. The summed E-state index contributed by atoms with van der Waals surface area (Å²) in [5.74, 6) is -1.52. The maximum Gasteiger partial charge on any atom is 0.313 e. The molecule has 1 aliphatic carbocycles. The van der Waals surface area contributed by atoms with Gasteiger partial charge in [-0.2, -0.15) is 0 Å². The number of carbonyl (C=O) groups excluding carboxylic acids is 2. The van der Waals surface area contributed by atoms with Crippen molar-refractivity contribution in [3.8, 4) is 0 Å². The summed E-state index contributed by atoms with van der Waals surface area (Å²) >= 11 is 5.86. The molecule has 0 bridgehead atoms. The zero-order valence-corrected chi connectivity index (χ0v) is 12.7. The van der Waals surface area contributed by atoms with Crippen LogP contribution < -0.4 is 10.6 Å². The molecule has 114 valence electrons. The number of amides is 2. The normalized spacial score (nSPS) is 16.5. The first-order valence-electron chi connectivity index (χ1n) is 6.97. The summed E-state index contributed by atoms with van der Waals surface area (Å²) in [5, 5.41) is 15.6. The van der Waals surface area contributed by atoms with E-state index in [0.717, 1.165) is 18.4 Å². The number of hydrogen-bond donors (Lipinski definition) is 3. The van der Waals surface area contributed by atoms with Crippen molar-refractivity contribution >= 4 is 29.1 Å². The van der Waals surface area contributed by atoms with Gasteiger partial charge in [0.2, 0.25) is 0 Å². The van der Waals surface area contributed by atoms with E-state index in [9.17, 15) is 14.7 Å². The van der Waals surface area contributed by atoms with E-state index in [1.54, 1.807) is 18.2 Å². The molecule has 0 radical (unpaired) electrons. The van der Waals surface area contributed by atoms with Gasteiger partial charge in [-0.15, -0.1) is 0 Å². The Morgan fingerprint density at radius 1 is 1.29 bits per heavy atom. The average Bonchev–Trinajstić information content (AvgIpc) is 2.87. The number of hydrogen-bond acceptors (Lipinski definition) is 3. The van der Waals surface area contributed by atoms with Gasteiger partial charge in [0, 0.05) is 17.3 Å². The average molecular weight is 311 g/mol. The van der Waals surface area contributed by atoms with E-state index in [2.05, 4.69) is 10.6 Å². The highest BCUT2D eigenvalue weighted by molar-refractivity contribution is 6.40. The third-order valence-corrected chi connectivity index (χ3v) is 4.00. The summed E-state index contributed by atoms with van der Waals surface area (Å²) in [4.78, 5) is 23.6. The molecular weight excluding hydrogens is 292 g/mol. The van der Waals surface area contributed by atoms with E-state index in [1.165, 1.54) is 0 Å². The van der Waals surface area contributed by atoms with E-state index in [0.29, 0.717) is 23.6 Å². The second kappa shape index (κ2) is 6.45. The van der Waals surface area contributed by atoms with Crippen molar-refractivity contribution in [2.75, 3.05) is 11.9 Å². The second-order valence-electron chi connectivity index (χ2n) is 5.53. The minimum Gasteiger partial charge on any atom is -0.388 e. The maximum absolute atomic E-state index is 11.8. The van der Waals surface area contributed by atoms with Crippen LogP contribution in [0.2, 0.25) is 5.02 Å². The lowest BCUT2D eigenvalue weighted by atomic mass is 10.0. The van der Waals surface area contributed by atoms with Crippen molar-refractivity contribution in [3.05, 3.63) is 28.8 Å². The van der Waals surface area contributed by atoms with Gasteiger partial charge in [0.1, 0.15) is 0 Å². The molecule has 0 unspecified atom stereocenters. The van der Waals surface area contributed by atoms with Crippen LogP contribution in [0, 0.1) is 6.92 Å². The zero-order valence-electron chi connectivity index (χ0n) is 11.9. The van der Waals surface area contributed by atoms with E-state index >= 15 is 0 Å². The first kappa shape index (κ1) is 15.8. The van der Waals surface area contributed by atoms with Crippen molar-refractivity contribution in [1.82, 2.24) is 5.32 Å². The highest BCUT2D eigenvalue weighted by Gasteiger charge is 2.32. The van der Waals surface area contributed by atoms with Crippen LogP contribution in [0.15, 0.2) is 18.2 Å². The fraction of sp³-hybridized carbons (Fsp3) is 0.467. The first-order chi connectivity index (χ1) is 9.89. The topological polar surface area (TPSA) is 78.4 Å². The van der Waals surface area contributed by atoms with Gasteiger partial charge in [-0.25, -0.2) is 0 Å². The first-order valence-corrected chi connectivity index (χ1v) is 7.35. The van der Waals surface area contributed by atoms with Gasteiger partial charge in [-0.3, -0.25) is 9.59 Å². The van der Waals surface area contributed by atoms with Crippen LogP contribution in [-0.2, 0) is 9.59 Å². The lowest BCUT2D eigenvalue weighted by Gasteiger charge is -2.22. The largest absolute Gasteiger partial charge is 0.388 e. The Balaban J connectivity index is 1.90. The molecule has 21 heavy (non-hydrogen) atoms. The van der Waals surface area contributed by atoms with E-state index in [-0.39, 0.29) is 6.54 Å². The fourth-order valence-corrected chi connectivity index (χ4v) is 2.62. The molecule has 0 heterocycles. The molecule has 2 rings (SSSR count). The highest BCUT2D eigenvalue weighted by atomic mass is 35.5. The van der Waals surface area contributed by atoms with Crippen LogP contribution in [-0.4, -0.2) is 29.1 Å².